The van der Waals surface area contributed by atoms with Crippen LogP contribution in [0.3, 0.4) is 0 Å². The number of thioether (sulfide) groups is 1. The minimum absolute atomic E-state index is 0.0355. The van der Waals surface area contributed by atoms with Crippen LogP contribution in [-0.2, 0) is 6.54 Å². The molecule has 2 aromatic carbocycles. The summed E-state index contributed by atoms with van der Waals surface area (Å²) in [6, 6.07) is 11.7. The third-order valence-electron chi connectivity index (χ3n) is 3.64. The monoisotopic (exact) mass is 383 g/mol. The van der Waals surface area contributed by atoms with Gasteiger partial charge in [0.05, 0.1) is 21.7 Å². The van der Waals surface area contributed by atoms with Crippen LogP contribution >= 0.6 is 23.1 Å². The molecule has 1 amide bonds. The van der Waals surface area contributed by atoms with Crippen molar-refractivity contribution in [1.29, 1.82) is 0 Å². The summed E-state index contributed by atoms with van der Waals surface area (Å²) in [6.07, 6.45) is 7.36. The number of hydrogen-bond acceptors (Lipinski definition) is 5. The topological polar surface area (TPSA) is 77.5 Å². The number of fused-ring (bicyclic) bond motifs is 1. The van der Waals surface area contributed by atoms with E-state index in [1.807, 2.05) is 12.3 Å². The summed E-state index contributed by atoms with van der Waals surface area (Å²) in [7, 11) is 0. The van der Waals surface area contributed by atoms with Gasteiger partial charge in [-0.3, -0.25) is 14.9 Å². The second-order valence-corrected chi connectivity index (χ2v) is 7.12. The highest BCUT2D eigenvalue weighted by molar-refractivity contribution is 7.98. The first-order chi connectivity index (χ1) is 12.5. The first-order valence-electron chi connectivity index (χ1n) is 7.48. The zero-order chi connectivity index (χ0) is 18.7. The molecule has 0 unspecified atom stereocenters. The average molecular weight is 383 g/mol. The number of amides is 1. The molecule has 8 heteroatoms. The van der Waals surface area contributed by atoms with Gasteiger partial charge in [0.25, 0.3) is 11.6 Å². The highest BCUT2D eigenvalue weighted by Gasteiger charge is 2.13. The normalized spacial score (nSPS) is 11.5. The molecule has 0 saturated heterocycles. The zero-order valence-corrected chi connectivity index (χ0v) is 15.3. The number of carbonyl (C=O) groups is 1. The van der Waals surface area contributed by atoms with E-state index in [-0.39, 0.29) is 18.1 Å². The Hall–Kier alpha value is -2.89. The molecule has 0 aliphatic rings. The first kappa shape index (κ1) is 17.9. The number of non-ortho nitro benzene ring substituents is 1. The van der Waals surface area contributed by atoms with Crippen molar-refractivity contribution < 1.29 is 9.72 Å². The maximum atomic E-state index is 12.5. The lowest BCUT2D eigenvalue weighted by molar-refractivity contribution is -0.384. The summed E-state index contributed by atoms with van der Waals surface area (Å²) >= 11 is 2.81. The SMILES string of the molecule is C#CCn1c(=NC(=O)c2cccc(SC)c2)sc2ccc([N+](=O)[O-])cc21. The molecule has 0 radical (unpaired) electrons. The summed E-state index contributed by atoms with van der Waals surface area (Å²) < 4.78 is 2.42. The van der Waals surface area contributed by atoms with E-state index in [2.05, 4.69) is 10.9 Å². The number of benzene rings is 2. The van der Waals surface area contributed by atoms with E-state index in [1.165, 1.54) is 35.2 Å². The second kappa shape index (κ2) is 7.56. The Kier molecular flexibility index (Phi) is 5.21. The highest BCUT2D eigenvalue weighted by atomic mass is 32.2. The van der Waals surface area contributed by atoms with Gasteiger partial charge in [-0.05, 0) is 30.5 Å². The molecule has 3 aromatic rings. The fourth-order valence-corrected chi connectivity index (χ4v) is 3.88. The number of nitrogens with zero attached hydrogens (tertiary/aromatic N) is 3. The molecule has 0 spiro atoms. The Labute approximate surface area is 157 Å². The van der Waals surface area contributed by atoms with Gasteiger partial charge >= 0.3 is 0 Å². The van der Waals surface area contributed by atoms with E-state index in [4.69, 9.17) is 6.42 Å². The van der Waals surface area contributed by atoms with Crippen molar-refractivity contribution in [3.05, 3.63) is 62.9 Å². The predicted molar refractivity (Wildman–Crippen MR) is 103 cm³/mol. The van der Waals surface area contributed by atoms with Crippen molar-refractivity contribution in [3.63, 3.8) is 0 Å². The molecule has 0 bridgehead atoms. The largest absolute Gasteiger partial charge is 0.304 e. The number of nitro groups is 1. The van der Waals surface area contributed by atoms with E-state index < -0.39 is 4.92 Å². The fraction of sp³-hybridized carbons (Fsp3) is 0.111. The van der Waals surface area contributed by atoms with Crippen LogP contribution < -0.4 is 4.80 Å². The van der Waals surface area contributed by atoms with E-state index in [9.17, 15) is 14.9 Å². The molecule has 0 N–H and O–H groups in total. The smallest absolute Gasteiger partial charge is 0.279 e. The number of terminal acetylenes is 1. The van der Waals surface area contributed by atoms with Gasteiger partial charge in [-0.25, -0.2) is 0 Å². The van der Waals surface area contributed by atoms with Crippen LogP contribution in [0.5, 0.6) is 0 Å². The number of nitro benzene ring substituents is 1. The van der Waals surface area contributed by atoms with Gasteiger partial charge in [-0.2, -0.15) is 4.99 Å². The van der Waals surface area contributed by atoms with E-state index in [0.717, 1.165) is 9.60 Å². The highest BCUT2D eigenvalue weighted by Crippen LogP contribution is 2.23. The van der Waals surface area contributed by atoms with Crippen molar-refractivity contribution in [2.75, 3.05) is 6.26 Å². The molecule has 1 heterocycles. The molecule has 0 fully saturated rings. The molecule has 0 aliphatic carbocycles. The lowest BCUT2D eigenvalue weighted by atomic mass is 10.2. The maximum absolute atomic E-state index is 12.5. The second-order valence-electron chi connectivity index (χ2n) is 5.23. The van der Waals surface area contributed by atoms with Gasteiger partial charge in [0.2, 0.25) is 0 Å². The van der Waals surface area contributed by atoms with Crippen molar-refractivity contribution in [1.82, 2.24) is 4.57 Å². The quantitative estimate of drug-likeness (QED) is 0.298. The minimum Gasteiger partial charge on any atom is -0.304 e. The van der Waals surface area contributed by atoms with E-state index in [0.29, 0.717) is 15.9 Å². The Bertz CT molecular complexity index is 1120. The van der Waals surface area contributed by atoms with Crippen LogP contribution in [0.25, 0.3) is 10.2 Å². The van der Waals surface area contributed by atoms with Crippen molar-refractivity contribution in [3.8, 4) is 12.3 Å². The Balaban J connectivity index is 2.15. The predicted octanol–water partition coefficient (Wildman–Crippen LogP) is 3.71. The Morgan fingerprint density at radius 1 is 1.38 bits per heavy atom. The van der Waals surface area contributed by atoms with Crippen LogP contribution in [0, 0.1) is 22.5 Å². The molecule has 26 heavy (non-hydrogen) atoms. The Morgan fingerprint density at radius 3 is 2.88 bits per heavy atom. The molecule has 0 saturated carbocycles. The number of rotatable bonds is 4. The molecule has 6 nitrogen and oxygen atoms in total. The molecule has 1 aromatic heterocycles. The number of aromatic nitrogens is 1. The number of carbonyl (C=O) groups excluding carboxylic acids is 1. The first-order valence-corrected chi connectivity index (χ1v) is 9.52. The third kappa shape index (κ3) is 3.54. The summed E-state index contributed by atoms with van der Waals surface area (Å²) in [5.74, 6) is 2.13. The molecular formula is C18H13N3O3S2. The third-order valence-corrected chi connectivity index (χ3v) is 5.42. The van der Waals surface area contributed by atoms with E-state index >= 15 is 0 Å². The molecular weight excluding hydrogens is 370 g/mol. The Morgan fingerprint density at radius 2 is 2.19 bits per heavy atom. The summed E-state index contributed by atoms with van der Waals surface area (Å²) in [6.45, 7) is 0.165. The van der Waals surface area contributed by atoms with Crippen LogP contribution in [0.15, 0.2) is 52.4 Å². The average Bonchev–Trinajstić information content (AvgIpc) is 2.98. The fourth-order valence-electron chi connectivity index (χ4n) is 2.41. The lowest BCUT2D eigenvalue weighted by Gasteiger charge is -2.01. The molecule has 0 aliphatic heterocycles. The van der Waals surface area contributed by atoms with Crippen molar-refractivity contribution >= 4 is 44.9 Å². The molecule has 3 rings (SSSR count). The summed E-state index contributed by atoms with van der Waals surface area (Å²) in [5.41, 5.74) is 1.03. The van der Waals surface area contributed by atoms with Gasteiger partial charge in [-0.1, -0.05) is 23.3 Å². The van der Waals surface area contributed by atoms with Crippen LogP contribution in [0.2, 0.25) is 0 Å². The van der Waals surface area contributed by atoms with Gasteiger partial charge < -0.3 is 4.57 Å². The van der Waals surface area contributed by atoms with Crippen molar-refractivity contribution in [2.45, 2.75) is 11.4 Å². The molecule has 130 valence electrons. The maximum Gasteiger partial charge on any atom is 0.279 e. The lowest BCUT2D eigenvalue weighted by Crippen LogP contribution is -2.16. The van der Waals surface area contributed by atoms with Gasteiger partial charge in [0.1, 0.15) is 0 Å². The van der Waals surface area contributed by atoms with E-state index in [1.54, 1.807) is 28.8 Å². The zero-order valence-electron chi connectivity index (χ0n) is 13.7. The summed E-state index contributed by atoms with van der Waals surface area (Å²) in [5, 5.41) is 11.0. The molecule has 0 atom stereocenters. The minimum atomic E-state index is -0.465. The number of thiazole rings is 1. The van der Waals surface area contributed by atoms with Gasteiger partial charge in [0.15, 0.2) is 4.80 Å². The van der Waals surface area contributed by atoms with Gasteiger partial charge in [-0.15, -0.1) is 18.2 Å². The summed E-state index contributed by atoms with van der Waals surface area (Å²) in [4.78, 5) is 28.7. The van der Waals surface area contributed by atoms with Gasteiger partial charge in [0, 0.05) is 22.6 Å². The van der Waals surface area contributed by atoms with Crippen molar-refractivity contribution in [2.24, 2.45) is 4.99 Å². The van der Waals surface area contributed by atoms with Crippen LogP contribution in [-0.4, -0.2) is 21.7 Å². The standard InChI is InChI=1S/C18H13N3O3S2/c1-3-9-20-15-11-13(21(23)24)7-8-16(15)26-18(20)19-17(22)12-5-4-6-14(10-12)25-2/h1,4-8,10-11H,9H2,2H3. The van der Waals surface area contributed by atoms with Crippen LogP contribution in [0.1, 0.15) is 10.4 Å². The number of hydrogen-bond donors (Lipinski definition) is 0. The van der Waals surface area contributed by atoms with Crippen LogP contribution in [0.4, 0.5) is 5.69 Å².